The Morgan fingerprint density at radius 1 is 1.23 bits per heavy atom. The van der Waals surface area contributed by atoms with Gasteiger partial charge in [-0.25, -0.2) is 0 Å². The summed E-state index contributed by atoms with van der Waals surface area (Å²) in [6, 6.07) is 7.80. The standard InChI is InChI=1S/C18H26N2O2/c1-13-6-4-5-7-17(13)19-14(2)12-18(21)20-15-8-10-16(22-3)11-9-15/h8-13,17,19H,4-7H2,1-3H3,(H,20,21). The molecule has 0 saturated heterocycles. The van der Waals surface area contributed by atoms with Gasteiger partial charge < -0.3 is 15.4 Å². The second-order valence-electron chi connectivity index (χ2n) is 6.06. The van der Waals surface area contributed by atoms with Crippen molar-refractivity contribution < 1.29 is 9.53 Å². The van der Waals surface area contributed by atoms with Gasteiger partial charge in [0.25, 0.3) is 0 Å². The number of rotatable bonds is 5. The highest BCUT2D eigenvalue weighted by atomic mass is 16.5. The van der Waals surface area contributed by atoms with Gasteiger partial charge in [-0.05, 0) is 49.9 Å². The third kappa shape index (κ3) is 4.79. The van der Waals surface area contributed by atoms with Gasteiger partial charge in [0.2, 0.25) is 5.91 Å². The van der Waals surface area contributed by atoms with Gasteiger partial charge in [0.15, 0.2) is 0 Å². The molecule has 1 amide bonds. The number of carbonyl (C=O) groups excluding carboxylic acids is 1. The topological polar surface area (TPSA) is 50.4 Å². The maximum Gasteiger partial charge on any atom is 0.250 e. The van der Waals surface area contributed by atoms with Crippen molar-refractivity contribution in [3.05, 3.63) is 36.0 Å². The summed E-state index contributed by atoms with van der Waals surface area (Å²) < 4.78 is 5.10. The second-order valence-corrected chi connectivity index (χ2v) is 6.06. The lowest BCUT2D eigenvalue weighted by atomic mass is 9.86. The van der Waals surface area contributed by atoms with Gasteiger partial charge in [-0.2, -0.15) is 0 Å². The molecule has 0 aliphatic heterocycles. The summed E-state index contributed by atoms with van der Waals surface area (Å²) in [4.78, 5) is 12.0. The normalized spacial score (nSPS) is 22.0. The number of ether oxygens (including phenoxy) is 1. The van der Waals surface area contributed by atoms with Crippen molar-refractivity contribution in [3.63, 3.8) is 0 Å². The van der Waals surface area contributed by atoms with Crippen LogP contribution < -0.4 is 15.4 Å². The van der Waals surface area contributed by atoms with Gasteiger partial charge >= 0.3 is 0 Å². The number of anilines is 1. The van der Waals surface area contributed by atoms with Crippen molar-refractivity contribution in [1.82, 2.24) is 5.32 Å². The molecule has 22 heavy (non-hydrogen) atoms. The predicted octanol–water partition coefficient (Wildman–Crippen LogP) is 3.71. The van der Waals surface area contributed by atoms with Crippen LogP contribution in [0, 0.1) is 5.92 Å². The van der Waals surface area contributed by atoms with Crippen LogP contribution in [0.3, 0.4) is 0 Å². The minimum Gasteiger partial charge on any atom is -0.497 e. The molecule has 2 unspecified atom stereocenters. The van der Waals surface area contributed by atoms with E-state index in [1.165, 1.54) is 25.7 Å². The first-order chi connectivity index (χ1) is 10.6. The van der Waals surface area contributed by atoms with E-state index < -0.39 is 0 Å². The molecule has 1 aromatic carbocycles. The summed E-state index contributed by atoms with van der Waals surface area (Å²) in [6.45, 7) is 4.23. The molecular weight excluding hydrogens is 276 g/mol. The number of methoxy groups -OCH3 is 1. The monoisotopic (exact) mass is 302 g/mol. The largest absolute Gasteiger partial charge is 0.497 e. The van der Waals surface area contributed by atoms with E-state index in [2.05, 4.69) is 17.6 Å². The van der Waals surface area contributed by atoms with Crippen LogP contribution in [0.25, 0.3) is 0 Å². The molecule has 2 atom stereocenters. The summed E-state index contributed by atoms with van der Waals surface area (Å²) in [5.41, 5.74) is 1.69. The van der Waals surface area contributed by atoms with E-state index in [0.29, 0.717) is 12.0 Å². The van der Waals surface area contributed by atoms with Crippen molar-refractivity contribution in [2.45, 2.75) is 45.6 Å². The van der Waals surface area contributed by atoms with E-state index in [9.17, 15) is 4.79 Å². The van der Waals surface area contributed by atoms with Crippen LogP contribution in [0.5, 0.6) is 5.75 Å². The van der Waals surface area contributed by atoms with Crippen LogP contribution in [0.15, 0.2) is 36.0 Å². The maximum atomic E-state index is 12.0. The summed E-state index contributed by atoms with van der Waals surface area (Å²) in [5, 5.41) is 6.35. The fourth-order valence-corrected chi connectivity index (χ4v) is 2.91. The number of amides is 1. The summed E-state index contributed by atoms with van der Waals surface area (Å²) in [5.74, 6) is 1.33. The molecule has 4 nitrogen and oxygen atoms in total. The van der Waals surface area contributed by atoms with E-state index in [4.69, 9.17) is 4.74 Å². The summed E-state index contributed by atoms with van der Waals surface area (Å²) in [6.07, 6.45) is 6.67. The first kappa shape index (κ1) is 16.4. The quantitative estimate of drug-likeness (QED) is 0.815. The van der Waals surface area contributed by atoms with Crippen molar-refractivity contribution in [2.75, 3.05) is 12.4 Å². The van der Waals surface area contributed by atoms with Crippen molar-refractivity contribution >= 4 is 11.6 Å². The molecule has 0 bridgehead atoms. The third-order valence-corrected chi connectivity index (χ3v) is 4.23. The lowest BCUT2D eigenvalue weighted by Crippen LogP contribution is -2.36. The molecule has 0 aromatic heterocycles. The zero-order valence-electron chi connectivity index (χ0n) is 13.7. The highest BCUT2D eigenvalue weighted by molar-refractivity contribution is 5.99. The Labute approximate surface area is 132 Å². The Balaban J connectivity index is 1.88. The lowest BCUT2D eigenvalue weighted by molar-refractivity contribution is -0.112. The van der Waals surface area contributed by atoms with Crippen LogP contribution in [0.2, 0.25) is 0 Å². The molecule has 1 fully saturated rings. The number of carbonyl (C=O) groups is 1. The molecule has 1 aromatic rings. The molecule has 1 aliphatic rings. The number of allylic oxidation sites excluding steroid dienone is 1. The van der Waals surface area contributed by atoms with Gasteiger partial charge in [-0.15, -0.1) is 0 Å². The van der Waals surface area contributed by atoms with Crippen molar-refractivity contribution in [3.8, 4) is 5.75 Å². The maximum absolute atomic E-state index is 12.0. The first-order valence-electron chi connectivity index (χ1n) is 7.98. The Kier molecular flexibility index (Phi) is 5.87. The van der Waals surface area contributed by atoms with Gasteiger partial charge in [-0.1, -0.05) is 19.8 Å². The predicted molar refractivity (Wildman–Crippen MR) is 89.9 cm³/mol. The first-order valence-corrected chi connectivity index (χ1v) is 7.98. The Hall–Kier alpha value is -1.97. The molecule has 0 radical (unpaired) electrons. The molecule has 0 spiro atoms. The molecular formula is C18H26N2O2. The molecule has 0 heterocycles. The van der Waals surface area contributed by atoms with Crippen LogP contribution in [-0.2, 0) is 4.79 Å². The minimum absolute atomic E-state index is 0.112. The fraction of sp³-hybridized carbons (Fsp3) is 0.500. The van der Waals surface area contributed by atoms with Gasteiger partial charge in [0.05, 0.1) is 7.11 Å². The molecule has 2 N–H and O–H groups in total. The van der Waals surface area contributed by atoms with Crippen molar-refractivity contribution in [2.24, 2.45) is 5.92 Å². The summed E-state index contributed by atoms with van der Waals surface area (Å²) >= 11 is 0. The zero-order valence-corrected chi connectivity index (χ0v) is 13.7. The number of benzene rings is 1. The molecule has 2 rings (SSSR count). The second kappa shape index (κ2) is 7.87. The van der Waals surface area contributed by atoms with Crippen LogP contribution in [0.4, 0.5) is 5.69 Å². The van der Waals surface area contributed by atoms with E-state index in [1.807, 2.05) is 31.2 Å². The summed E-state index contributed by atoms with van der Waals surface area (Å²) in [7, 11) is 1.62. The Morgan fingerprint density at radius 3 is 2.55 bits per heavy atom. The molecule has 120 valence electrons. The van der Waals surface area contributed by atoms with Crippen molar-refractivity contribution in [1.29, 1.82) is 0 Å². The Morgan fingerprint density at radius 2 is 1.91 bits per heavy atom. The van der Waals surface area contributed by atoms with Crippen LogP contribution in [0.1, 0.15) is 39.5 Å². The van der Waals surface area contributed by atoms with E-state index in [0.717, 1.165) is 17.1 Å². The fourth-order valence-electron chi connectivity index (χ4n) is 2.91. The highest BCUT2D eigenvalue weighted by Gasteiger charge is 2.20. The molecule has 4 heteroatoms. The number of hydrogen-bond acceptors (Lipinski definition) is 3. The molecule has 1 saturated carbocycles. The lowest BCUT2D eigenvalue weighted by Gasteiger charge is -2.30. The average Bonchev–Trinajstić information content (AvgIpc) is 2.50. The third-order valence-electron chi connectivity index (χ3n) is 4.23. The molecule has 1 aliphatic carbocycles. The number of nitrogens with one attached hydrogen (secondary N) is 2. The van der Waals surface area contributed by atoms with Gasteiger partial charge in [-0.3, -0.25) is 4.79 Å². The van der Waals surface area contributed by atoms with Crippen LogP contribution >= 0.6 is 0 Å². The van der Waals surface area contributed by atoms with Gasteiger partial charge in [0.1, 0.15) is 5.75 Å². The minimum atomic E-state index is -0.112. The zero-order chi connectivity index (χ0) is 15.9. The SMILES string of the molecule is COc1ccc(NC(=O)C=C(C)NC2CCCCC2C)cc1. The average molecular weight is 302 g/mol. The van der Waals surface area contributed by atoms with E-state index >= 15 is 0 Å². The van der Waals surface area contributed by atoms with E-state index in [-0.39, 0.29) is 5.91 Å². The Bertz CT molecular complexity index is 522. The van der Waals surface area contributed by atoms with Gasteiger partial charge in [0, 0.05) is 23.5 Å². The number of hydrogen-bond donors (Lipinski definition) is 2. The van der Waals surface area contributed by atoms with Crippen LogP contribution in [-0.4, -0.2) is 19.1 Å². The van der Waals surface area contributed by atoms with E-state index in [1.54, 1.807) is 13.2 Å². The highest BCUT2D eigenvalue weighted by Crippen LogP contribution is 2.24. The smallest absolute Gasteiger partial charge is 0.250 e.